The molecule has 3 atom stereocenters. The first-order valence-electron chi connectivity index (χ1n) is 14.6. The molecule has 4 N–H and O–H groups in total. The Morgan fingerprint density at radius 1 is 1.10 bits per heavy atom. The Bertz CT molecular complexity index is 1260. The summed E-state index contributed by atoms with van der Waals surface area (Å²) in [6, 6.07) is 2.83. The molecule has 1 saturated heterocycles. The van der Waals surface area contributed by atoms with Crippen LogP contribution in [0.15, 0.2) is 22.8 Å². The molecule has 2 heterocycles. The van der Waals surface area contributed by atoms with Gasteiger partial charge in [0.15, 0.2) is 5.69 Å². The maximum absolute atomic E-state index is 15.3. The van der Waals surface area contributed by atoms with E-state index < -0.39 is 35.6 Å². The van der Waals surface area contributed by atoms with Crippen LogP contribution in [0.25, 0.3) is 0 Å². The van der Waals surface area contributed by atoms with Crippen LogP contribution in [0.1, 0.15) is 67.2 Å². The monoisotopic (exact) mass is 569 g/mol. The predicted molar refractivity (Wildman–Crippen MR) is 149 cm³/mol. The van der Waals surface area contributed by atoms with E-state index in [1.807, 2.05) is 14.0 Å². The highest BCUT2D eigenvalue weighted by Gasteiger charge is 2.48. The van der Waals surface area contributed by atoms with Crippen molar-refractivity contribution < 1.29 is 23.4 Å². The van der Waals surface area contributed by atoms with Crippen molar-refractivity contribution in [2.75, 3.05) is 38.5 Å². The Balaban J connectivity index is 1.29. The van der Waals surface area contributed by atoms with Crippen molar-refractivity contribution in [3.63, 3.8) is 0 Å². The first kappa shape index (κ1) is 29.1. The van der Waals surface area contributed by atoms with Gasteiger partial charge in [-0.15, -0.1) is 0 Å². The Kier molecular flexibility index (Phi) is 8.69. The summed E-state index contributed by atoms with van der Waals surface area (Å²) in [6.07, 6.45) is 4.46. The smallest absolute Gasteiger partial charge is 0.276 e. The number of carbonyl (C=O) groups is 3. The summed E-state index contributed by atoms with van der Waals surface area (Å²) < 4.78 is 20.1. The van der Waals surface area contributed by atoms with E-state index in [2.05, 4.69) is 25.8 Å². The summed E-state index contributed by atoms with van der Waals surface area (Å²) in [5.74, 6) is -1.57. The lowest BCUT2D eigenvalue weighted by atomic mass is 9.88. The molecule has 12 heteroatoms. The van der Waals surface area contributed by atoms with Gasteiger partial charge in [0.25, 0.3) is 5.91 Å². The molecule has 222 valence electrons. The Hall–Kier alpha value is -3.38. The lowest BCUT2D eigenvalue weighted by Gasteiger charge is -2.35. The molecule has 2 aromatic rings. The fourth-order valence-corrected chi connectivity index (χ4v) is 5.83. The summed E-state index contributed by atoms with van der Waals surface area (Å²) >= 11 is 0. The molecule has 1 aliphatic heterocycles. The van der Waals surface area contributed by atoms with E-state index >= 15 is 4.39 Å². The maximum atomic E-state index is 15.3. The molecule has 2 aliphatic carbocycles. The van der Waals surface area contributed by atoms with Gasteiger partial charge in [-0.2, -0.15) is 0 Å². The van der Waals surface area contributed by atoms with Crippen LogP contribution in [0.4, 0.5) is 10.1 Å². The minimum Gasteiger partial charge on any atom is -0.339 e. The SMILES string of the molecule is CCc1nonc1C(=O)N[C@H](C(=O)Nc1ccc([C@H](C)[C@@H](N)C(=O)N2CCN(C)CC2)cc1F)C(C1CC1)C1CC1. The van der Waals surface area contributed by atoms with Crippen LogP contribution in [-0.4, -0.2) is 83.1 Å². The number of rotatable bonds is 11. The molecule has 3 fully saturated rings. The molecular formula is C29H40FN7O4. The van der Waals surface area contributed by atoms with Gasteiger partial charge in [0.2, 0.25) is 11.8 Å². The highest BCUT2D eigenvalue weighted by atomic mass is 19.1. The lowest BCUT2D eigenvalue weighted by molar-refractivity contribution is -0.134. The van der Waals surface area contributed by atoms with Crippen LogP contribution < -0.4 is 16.4 Å². The molecule has 11 nitrogen and oxygen atoms in total. The zero-order valence-electron chi connectivity index (χ0n) is 23.9. The van der Waals surface area contributed by atoms with Crippen LogP contribution >= 0.6 is 0 Å². The maximum Gasteiger partial charge on any atom is 0.276 e. The van der Waals surface area contributed by atoms with Crippen LogP contribution in [0.3, 0.4) is 0 Å². The Labute approximate surface area is 239 Å². The molecule has 2 saturated carbocycles. The second-order valence-electron chi connectivity index (χ2n) is 11.8. The number of hydrogen-bond acceptors (Lipinski definition) is 8. The van der Waals surface area contributed by atoms with Gasteiger partial charge in [0.05, 0.1) is 11.7 Å². The number of hydrogen-bond donors (Lipinski definition) is 3. The number of aryl methyl sites for hydroxylation is 1. The first-order chi connectivity index (χ1) is 19.7. The van der Waals surface area contributed by atoms with Gasteiger partial charge in [-0.1, -0.05) is 25.1 Å². The average molecular weight is 570 g/mol. The number of benzene rings is 1. The van der Waals surface area contributed by atoms with Crippen molar-refractivity contribution >= 4 is 23.4 Å². The van der Waals surface area contributed by atoms with Crippen molar-refractivity contribution in [1.29, 1.82) is 0 Å². The fourth-order valence-electron chi connectivity index (χ4n) is 5.83. The molecule has 0 radical (unpaired) electrons. The third-order valence-corrected chi connectivity index (χ3v) is 8.81. The quantitative estimate of drug-likeness (QED) is 0.373. The number of anilines is 1. The molecule has 1 aromatic carbocycles. The predicted octanol–water partition coefficient (Wildman–Crippen LogP) is 2.15. The molecular weight excluding hydrogens is 529 g/mol. The van der Waals surface area contributed by atoms with Gasteiger partial charge in [-0.3, -0.25) is 14.4 Å². The number of likely N-dealkylation sites (N-methyl/N-ethyl adjacent to an activating group) is 1. The van der Waals surface area contributed by atoms with E-state index in [0.717, 1.165) is 38.8 Å². The van der Waals surface area contributed by atoms with Crippen LogP contribution in [0.5, 0.6) is 0 Å². The van der Waals surface area contributed by atoms with E-state index in [1.165, 1.54) is 12.1 Å². The molecule has 41 heavy (non-hydrogen) atoms. The second kappa shape index (κ2) is 12.2. The van der Waals surface area contributed by atoms with Gasteiger partial charge in [0, 0.05) is 32.1 Å². The summed E-state index contributed by atoms with van der Waals surface area (Å²) in [7, 11) is 2.01. The van der Waals surface area contributed by atoms with Gasteiger partial charge in [-0.05, 0) is 79.8 Å². The summed E-state index contributed by atoms with van der Waals surface area (Å²) in [5, 5.41) is 13.1. The summed E-state index contributed by atoms with van der Waals surface area (Å²) in [6.45, 7) is 6.44. The van der Waals surface area contributed by atoms with E-state index in [9.17, 15) is 14.4 Å². The molecule has 3 amide bonds. The summed E-state index contributed by atoms with van der Waals surface area (Å²) in [4.78, 5) is 43.6. The molecule has 0 spiro atoms. The fraction of sp³-hybridized carbons (Fsp3) is 0.621. The molecule has 3 aliphatic rings. The minimum atomic E-state index is -0.850. The van der Waals surface area contributed by atoms with Crippen molar-refractivity contribution in [2.45, 2.75) is 64.0 Å². The number of halogens is 1. The number of nitrogens with zero attached hydrogens (tertiary/aromatic N) is 4. The Morgan fingerprint density at radius 3 is 2.34 bits per heavy atom. The highest BCUT2D eigenvalue weighted by molar-refractivity contribution is 6.01. The summed E-state index contributed by atoms with van der Waals surface area (Å²) in [5.41, 5.74) is 7.37. The van der Waals surface area contributed by atoms with Crippen LogP contribution in [0.2, 0.25) is 0 Å². The van der Waals surface area contributed by atoms with Crippen molar-refractivity contribution in [3.05, 3.63) is 41.0 Å². The molecule has 0 unspecified atom stereocenters. The average Bonchev–Trinajstić information content (AvgIpc) is 3.92. The van der Waals surface area contributed by atoms with Gasteiger partial charge >= 0.3 is 0 Å². The van der Waals surface area contributed by atoms with Crippen LogP contribution in [0, 0.1) is 23.6 Å². The lowest BCUT2D eigenvalue weighted by Crippen LogP contribution is -2.53. The highest BCUT2D eigenvalue weighted by Crippen LogP contribution is 2.51. The largest absolute Gasteiger partial charge is 0.339 e. The normalized spacial score (nSPS) is 20.0. The van der Waals surface area contributed by atoms with Gasteiger partial charge in [-0.25, -0.2) is 9.02 Å². The van der Waals surface area contributed by atoms with Crippen LogP contribution in [-0.2, 0) is 16.0 Å². The number of aromatic nitrogens is 2. The standard InChI is InChI=1S/C29H40FN7O4/c1-4-21-25(35-41-34-21)27(38)33-26(23(17-5-6-17)18-7-8-18)28(39)32-22-10-9-19(15-20(22)30)16(2)24(31)29(40)37-13-11-36(3)12-14-37/h9-10,15-18,23-24,26H,4-8,11-14,31H2,1-3H3,(H,32,39)(H,33,38)/t16-,24+,26-/m0/s1. The van der Waals surface area contributed by atoms with E-state index in [4.69, 9.17) is 10.4 Å². The molecule has 5 rings (SSSR count). The van der Waals surface area contributed by atoms with E-state index in [1.54, 1.807) is 17.9 Å². The van der Waals surface area contributed by atoms with E-state index in [0.29, 0.717) is 42.6 Å². The zero-order chi connectivity index (χ0) is 29.3. The molecule has 0 bridgehead atoms. The van der Waals surface area contributed by atoms with Crippen molar-refractivity contribution in [1.82, 2.24) is 25.4 Å². The Morgan fingerprint density at radius 2 is 1.76 bits per heavy atom. The number of nitrogens with two attached hydrogens (primary N) is 1. The topological polar surface area (TPSA) is 147 Å². The third kappa shape index (κ3) is 6.59. The zero-order valence-corrected chi connectivity index (χ0v) is 23.9. The minimum absolute atomic E-state index is 0.00635. The number of piperazine rings is 1. The first-order valence-corrected chi connectivity index (χ1v) is 14.6. The van der Waals surface area contributed by atoms with Crippen molar-refractivity contribution in [2.24, 2.45) is 23.5 Å². The third-order valence-electron chi connectivity index (χ3n) is 8.81. The number of carbonyl (C=O) groups excluding carboxylic acids is 3. The molecule has 1 aromatic heterocycles. The van der Waals surface area contributed by atoms with Gasteiger partial charge in [0.1, 0.15) is 17.6 Å². The second-order valence-corrected chi connectivity index (χ2v) is 11.8. The number of nitrogens with one attached hydrogen (secondary N) is 2. The van der Waals surface area contributed by atoms with E-state index in [-0.39, 0.29) is 23.2 Å². The van der Waals surface area contributed by atoms with Crippen molar-refractivity contribution in [3.8, 4) is 0 Å². The van der Waals surface area contributed by atoms with Gasteiger partial charge < -0.3 is 26.2 Å². The number of amides is 3.